The number of methoxy groups -OCH3 is 2. The van der Waals surface area contributed by atoms with E-state index in [9.17, 15) is 0 Å². The molecule has 4 nitrogen and oxygen atoms in total. The van der Waals surface area contributed by atoms with Crippen molar-refractivity contribution in [1.82, 2.24) is 5.32 Å². The van der Waals surface area contributed by atoms with Gasteiger partial charge in [0.2, 0.25) is 0 Å². The van der Waals surface area contributed by atoms with E-state index in [0.717, 1.165) is 36.6 Å². The van der Waals surface area contributed by atoms with Gasteiger partial charge >= 0.3 is 0 Å². The molecule has 0 aliphatic heterocycles. The minimum atomic E-state index is 0.268. The van der Waals surface area contributed by atoms with Crippen molar-refractivity contribution in [2.75, 3.05) is 20.8 Å². The molecule has 4 heteroatoms. The topological polar surface area (TPSA) is 39.7 Å². The minimum Gasteiger partial charge on any atom is -0.496 e. The van der Waals surface area contributed by atoms with Crippen LogP contribution < -0.4 is 19.5 Å². The zero-order valence-corrected chi connectivity index (χ0v) is 13.4. The highest BCUT2D eigenvalue weighted by Gasteiger charge is 2.23. The molecule has 1 aromatic carbocycles. The Kier molecular flexibility index (Phi) is 6.18. The second kappa shape index (κ2) is 8.13. The third kappa shape index (κ3) is 4.81. The van der Waals surface area contributed by atoms with E-state index >= 15 is 0 Å². The fraction of sp³-hybridized carbons (Fsp3) is 0.647. The number of ether oxygens (including phenoxy) is 3. The minimum absolute atomic E-state index is 0.268. The Balaban J connectivity index is 1.97. The van der Waals surface area contributed by atoms with Crippen LogP contribution in [0.1, 0.15) is 39.0 Å². The number of hydrogen-bond donors (Lipinski definition) is 1. The molecule has 118 valence electrons. The van der Waals surface area contributed by atoms with E-state index in [4.69, 9.17) is 14.2 Å². The monoisotopic (exact) mass is 293 g/mol. The summed E-state index contributed by atoms with van der Waals surface area (Å²) < 4.78 is 16.7. The third-order valence-corrected chi connectivity index (χ3v) is 3.94. The Morgan fingerprint density at radius 3 is 2.33 bits per heavy atom. The molecule has 2 atom stereocenters. The normalized spacial score (nSPS) is 21.9. The van der Waals surface area contributed by atoms with Crippen molar-refractivity contribution in [3.05, 3.63) is 18.2 Å². The van der Waals surface area contributed by atoms with Crippen molar-refractivity contribution >= 4 is 0 Å². The molecular formula is C17H27NO3. The van der Waals surface area contributed by atoms with E-state index < -0.39 is 0 Å². The Labute approximate surface area is 127 Å². The first-order valence-corrected chi connectivity index (χ1v) is 7.88. The largest absolute Gasteiger partial charge is 0.496 e. The molecule has 0 saturated heterocycles. The first kappa shape index (κ1) is 16.0. The third-order valence-electron chi connectivity index (χ3n) is 3.94. The van der Waals surface area contributed by atoms with E-state index in [-0.39, 0.29) is 6.10 Å². The Bertz CT molecular complexity index is 414. The van der Waals surface area contributed by atoms with Crippen LogP contribution in [0.4, 0.5) is 0 Å². The standard InChI is InChI=1S/C17H27NO3/c1-4-8-18-13-6-5-7-14(9-13)21-17-11-15(19-2)10-16(12-17)20-3/h10-14,18H,4-9H2,1-3H3. The van der Waals surface area contributed by atoms with Gasteiger partial charge in [-0.3, -0.25) is 0 Å². The molecule has 1 N–H and O–H groups in total. The SMILES string of the molecule is CCCNC1CCCC(Oc2cc(OC)cc(OC)c2)C1. The summed E-state index contributed by atoms with van der Waals surface area (Å²) in [6, 6.07) is 6.28. The summed E-state index contributed by atoms with van der Waals surface area (Å²) in [7, 11) is 3.31. The van der Waals surface area contributed by atoms with E-state index in [0.29, 0.717) is 6.04 Å². The lowest BCUT2D eigenvalue weighted by Crippen LogP contribution is -2.38. The molecule has 0 heterocycles. The second-order valence-electron chi connectivity index (χ2n) is 5.61. The number of nitrogens with one attached hydrogen (secondary N) is 1. The van der Waals surface area contributed by atoms with E-state index in [1.807, 2.05) is 18.2 Å². The van der Waals surface area contributed by atoms with Crippen LogP contribution in [-0.4, -0.2) is 32.9 Å². The van der Waals surface area contributed by atoms with Crippen LogP contribution in [0, 0.1) is 0 Å². The van der Waals surface area contributed by atoms with E-state index in [1.165, 1.54) is 19.3 Å². The van der Waals surface area contributed by atoms with Crippen molar-refractivity contribution in [1.29, 1.82) is 0 Å². The summed E-state index contributed by atoms with van der Waals surface area (Å²) in [6.45, 7) is 3.29. The highest BCUT2D eigenvalue weighted by molar-refractivity contribution is 5.42. The van der Waals surface area contributed by atoms with Crippen molar-refractivity contribution in [2.45, 2.75) is 51.2 Å². The van der Waals surface area contributed by atoms with E-state index in [2.05, 4.69) is 12.2 Å². The number of benzene rings is 1. The molecule has 21 heavy (non-hydrogen) atoms. The van der Waals surface area contributed by atoms with Crippen LogP contribution in [0.3, 0.4) is 0 Å². The maximum absolute atomic E-state index is 6.15. The van der Waals surface area contributed by atoms with Gasteiger partial charge in [-0.25, -0.2) is 0 Å². The molecule has 2 rings (SSSR count). The highest BCUT2D eigenvalue weighted by atomic mass is 16.5. The fourth-order valence-corrected chi connectivity index (χ4v) is 2.83. The van der Waals surface area contributed by atoms with Crippen LogP contribution in [-0.2, 0) is 0 Å². The van der Waals surface area contributed by atoms with Crippen molar-refractivity contribution < 1.29 is 14.2 Å². The van der Waals surface area contributed by atoms with Gasteiger partial charge in [0.1, 0.15) is 23.4 Å². The first-order valence-electron chi connectivity index (χ1n) is 7.88. The maximum Gasteiger partial charge on any atom is 0.127 e. The predicted molar refractivity (Wildman–Crippen MR) is 84.5 cm³/mol. The van der Waals surface area contributed by atoms with Crippen LogP contribution in [0.5, 0.6) is 17.2 Å². The maximum atomic E-state index is 6.15. The van der Waals surface area contributed by atoms with Crippen LogP contribution in [0.25, 0.3) is 0 Å². The molecule has 0 aromatic heterocycles. The van der Waals surface area contributed by atoms with Crippen LogP contribution in [0.2, 0.25) is 0 Å². The average molecular weight is 293 g/mol. The lowest BCUT2D eigenvalue weighted by molar-refractivity contribution is 0.134. The molecule has 1 aliphatic carbocycles. The molecule has 0 radical (unpaired) electrons. The van der Waals surface area contributed by atoms with Gasteiger partial charge in [-0.2, -0.15) is 0 Å². The summed E-state index contributed by atoms with van der Waals surface area (Å²) >= 11 is 0. The van der Waals surface area contributed by atoms with Gasteiger partial charge in [0.05, 0.1) is 14.2 Å². The van der Waals surface area contributed by atoms with Crippen molar-refractivity contribution in [2.24, 2.45) is 0 Å². The predicted octanol–water partition coefficient (Wildman–Crippen LogP) is 3.39. The van der Waals surface area contributed by atoms with Gasteiger partial charge in [0, 0.05) is 24.2 Å². The lowest BCUT2D eigenvalue weighted by atomic mass is 9.92. The molecule has 2 unspecified atom stereocenters. The fourth-order valence-electron chi connectivity index (χ4n) is 2.83. The smallest absolute Gasteiger partial charge is 0.127 e. The lowest BCUT2D eigenvalue weighted by Gasteiger charge is -2.30. The molecule has 1 aromatic rings. The molecule has 1 aliphatic rings. The summed E-state index contributed by atoms with van der Waals surface area (Å²) in [5.41, 5.74) is 0. The molecule has 1 fully saturated rings. The molecule has 0 amide bonds. The van der Waals surface area contributed by atoms with Gasteiger partial charge in [0.25, 0.3) is 0 Å². The number of hydrogen-bond acceptors (Lipinski definition) is 4. The van der Waals surface area contributed by atoms with Crippen LogP contribution >= 0.6 is 0 Å². The highest BCUT2D eigenvalue weighted by Crippen LogP contribution is 2.30. The van der Waals surface area contributed by atoms with Crippen LogP contribution in [0.15, 0.2) is 18.2 Å². The Hall–Kier alpha value is -1.42. The molecule has 0 bridgehead atoms. The summed E-state index contributed by atoms with van der Waals surface area (Å²) in [5.74, 6) is 2.36. The summed E-state index contributed by atoms with van der Waals surface area (Å²) in [4.78, 5) is 0. The van der Waals surface area contributed by atoms with Crippen molar-refractivity contribution in [3.8, 4) is 17.2 Å². The van der Waals surface area contributed by atoms with Gasteiger partial charge in [-0.15, -0.1) is 0 Å². The molecule has 1 saturated carbocycles. The molecular weight excluding hydrogens is 266 g/mol. The average Bonchev–Trinajstić information content (AvgIpc) is 2.52. The zero-order chi connectivity index (χ0) is 15.1. The molecule has 0 spiro atoms. The first-order chi connectivity index (χ1) is 10.2. The van der Waals surface area contributed by atoms with Gasteiger partial charge in [0.15, 0.2) is 0 Å². The quantitative estimate of drug-likeness (QED) is 0.836. The second-order valence-corrected chi connectivity index (χ2v) is 5.61. The summed E-state index contributed by atoms with van der Waals surface area (Å²) in [5, 5.41) is 3.60. The van der Waals surface area contributed by atoms with E-state index in [1.54, 1.807) is 14.2 Å². The Morgan fingerprint density at radius 2 is 1.71 bits per heavy atom. The van der Waals surface area contributed by atoms with Gasteiger partial charge in [-0.05, 0) is 38.6 Å². The zero-order valence-electron chi connectivity index (χ0n) is 13.4. The Morgan fingerprint density at radius 1 is 1.05 bits per heavy atom. The van der Waals surface area contributed by atoms with Crippen molar-refractivity contribution in [3.63, 3.8) is 0 Å². The van der Waals surface area contributed by atoms with Gasteiger partial charge in [-0.1, -0.05) is 6.92 Å². The summed E-state index contributed by atoms with van der Waals surface area (Å²) in [6.07, 6.45) is 6.09. The number of rotatable bonds is 7. The van der Waals surface area contributed by atoms with Gasteiger partial charge < -0.3 is 19.5 Å².